The highest BCUT2D eigenvalue weighted by molar-refractivity contribution is 5.93. The van der Waals surface area contributed by atoms with E-state index < -0.39 is 0 Å². The van der Waals surface area contributed by atoms with E-state index in [1.165, 1.54) is 0 Å². The molecule has 0 spiro atoms. The Morgan fingerprint density at radius 2 is 1.94 bits per heavy atom. The minimum atomic E-state index is -0.00601. The van der Waals surface area contributed by atoms with E-state index in [0.29, 0.717) is 18.7 Å². The number of rotatable bonds is 5. The Bertz CT molecular complexity index is 333. The van der Waals surface area contributed by atoms with Crippen molar-refractivity contribution in [2.45, 2.75) is 6.42 Å². The van der Waals surface area contributed by atoms with Crippen LogP contribution in [0.25, 0.3) is 0 Å². The second-order valence-electron chi connectivity index (χ2n) is 3.71. The molecule has 2 N–H and O–H groups in total. The lowest BCUT2D eigenvalue weighted by Crippen LogP contribution is -2.21. The first kappa shape index (κ1) is 12.5. The molecule has 0 atom stereocenters. The van der Waals surface area contributed by atoms with Gasteiger partial charge in [0, 0.05) is 19.7 Å². The molecular formula is C12H18N2O2. The zero-order valence-corrected chi connectivity index (χ0v) is 9.77. The Hall–Kier alpha value is -1.55. The Balaban J connectivity index is 2.57. The fourth-order valence-electron chi connectivity index (χ4n) is 1.23. The molecule has 0 bridgehead atoms. The number of nitrogens with zero attached hydrogens (tertiary/aromatic N) is 1. The van der Waals surface area contributed by atoms with Crippen LogP contribution >= 0.6 is 0 Å². The van der Waals surface area contributed by atoms with Gasteiger partial charge in [-0.05, 0) is 37.2 Å². The van der Waals surface area contributed by atoms with Crippen LogP contribution in [0.5, 0.6) is 5.75 Å². The summed E-state index contributed by atoms with van der Waals surface area (Å²) in [6.07, 6.45) is 0.832. The summed E-state index contributed by atoms with van der Waals surface area (Å²) >= 11 is 0. The highest BCUT2D eigenvalue weighted by Gasteiger charge is 2.06. The van der Waals surface area contributed by atoms with E-state index >= 15 is 0 Å². The van der Waals surface area contributed by atoms with Gasteiger partial charge in [0.1, 0.15) is 5.75 Å². The van der Waals surface area contributed by atoms with Crippen molar-refractivity contribution in [3.63, 3.8) is 0 Å². The van der Waals surface area contributed by atoms with Crippen LogP contribution in [0, 0.1) is 0 Å². The summed E-state index contributed by atoms with van der Waals surface area (Å²) in [4.78, 5) is 13.1. The lowest BCUT2D eigenvalue weighted by molar-refractivity contribution is 0.0827. The van der Waals surface area contributed by atoms with E-state index in [-0.39, 0.29) is 5.91 Å². The Morgan fingerprint density at radius 1 is 1.31 bits per heavy atom. The number of hydrogen-bond donors (Lipinski definition) is 1. The Morgan fingerprint density at radius 3 is 2.44 bits per heavy atom. The minimum absolute atomic E-state index is 0.00601. The van der Waals surface area contributed by atoms with Crippen molar-refractivity contribution in [3.8, 4) is 5.75 Å². The van der Waals surface area contributed by atoms with Crippen molar-refractivity contribution in [2.24, 2.45) is 5.73 Å². The van der Waals surface area contributed by atoms with E-state index in [1.54, 1.807) is 43.3 Å². The molecule has 1 aromatic carbocycles. The van der Waals surface area contributed by atoms with Crippen molar-refractivity contribution in [1.82, 2.24) is 4.90 Å². The molecule has 0 saturated carbocycles. The molecule has 1 amide bonds. The summed E-state index contributed by atoms with van der Waals surface area (Å²) in [6.45, 7) is 1.23. The second kappa shape index (κ2) is 6.12. The molecule has 0 radical (unpaired) electrons. The smallest absolute Gasteiger partial charge is 0.253 e. The molecule has 0 heterocycles. The van der Waals surface area contributed by atoms with Crippen molar-refractivity contribution in [3.05, 3.63) is 29.8 Å². The van der Waals surface area contributed by atoms with Gasteiger partial charge in [0.25, 0.3) is 5.91 Å². The van der Waals surface area contributed by atoms with Crippen molar-refractivity contribution < 1.29 is 9.53 Å². The van der Waals surface area contributed by atoms with Crippen LogP contribution < -0.4 is 10.5 Å². The highest BCUT2D eigenvalue weighted by atomic mass is 16.5. The average molecular weight is 222 g/mol. The van der Waals surface area contributed by atoms with Crippen molar-refractivity contribution in [2.75, 3.05) is 27.2 Å². The molecular weight excluding hydrogens is 204 g/mol. The molecule has 0 aliphatic carbocycles. The zero-order chi connectivity index (χ0) is 12.0. The molecule has 88 valence electrons. The van der Waals surface area contributed by atoms with Crippen LogP contribution in [0.2, 0.25) is 0 Å². The third-order valence-electron chi connectivity index (χ3n) is 2.12. The molecule has 16 heavy (non-hydrogen) atoms. The number of benzene rings is 1. The van der Waals surface area contributed by atoms with E-state index in [9.17, 15) is 4.79 Å². The lowest BCUT2D eigenvalue weighted by atomic mass is 10.2. The molecule has 0 aliphatic heterocycles. The van der Waals surface area contributed by atoms with Gasteiger partial charge in [-0.3, -0.25) is 4.79 Å². The van der Waals surface area contributed by atoms with Crippen LogP contribution in [0.3, 0.4) is 0 Å². The van der Waals surface area contributed by atoms with Gasteiger partial charge in [0.2, 0.25) is 0 Å². The summed E-state index contributed by atoms with van der Waals surface area (Å²) < 4.78 is 5.44. The minimum Gasteiger partial charge on any atom is -0.494 e. The standard InChI is InChI=1S/C12H18N2O2/c1-14(2)12(15)10-4-6-11(7-5-10)16-9-3-8-13/h4-7H,3,8-9,13H2,1-2H3. The highest BCUT2D eigenvalue weighted by Crippen LogP contribution is 2.13. The summed E-state index contributed by atoms with van der Waals surface area (Å²) in [7, 11) is 3.46. The predicted molar refractivity (Wildman–Crippen MR) is 63.6 cm³/mol. The van der Waals surface area contributed by atoms with Crippen LogP contribution in [-0.4, -0.2) is 38.1 Å². The molecule has 0 unspecified atom stereocenters. The number of amides is 1. The quantitative estimate of drug-likeness (QED) is 0.759. The Labute approximate surface area is 96.0 Å². The number of hydrogen-bond acceptors (Lipinski definition) is 3. The van der Waals surface area contributed by atoms with E-state index in [2.05, 4.69) is 0 Å². The third-order valence-corrected chi connectivity index (χ3v) is 2.12. The fourth-order valence-corrected chi connectivity index (χ4v) is 1.23. The molecule has 4 heteroatoms. The molecule has 0 aliphatic rings. The van der Waals surface area contributed by atoms with Crippen LogP contribution in [0.4, 0.5) is 0 Å². The summed E-state index contributed by atoms with van der Waals surface area (Å²) in [5.41, 5.74) is 6.02. The average Bonchev–Trinajstić information content (AvgIpc) is 2.29. The van der Waals surface area contributed by atoms with Gasteiger partial charge in [-0.1, -0.05) is 0 Å². The molecule has 1 rings (SSSR count). The fraction of sp³-hybridized carbons (Fsp3) is 0.417. The molecule has 1 aromatic rings. The SMILES string of the molecule is CN(C)C(=O)c1ccc(OCCCN)cc1. The van der Waals surface area contributed by atoms with Crippen LogP contribution in [0.1, 0.15) is 16.8 Å². The largest absolute Gasteiger partial charge is 0.494 e. The van der Waals surface area contributed by atoms with Crippen LogP contribution in [-0.2, 0) is 0 Å². The van der Waals surface area contributed by atoms with Gasteiger partial charge in [-0.2, -0.15) is 0 Å². The van der Waals surface area contributed by atoms with E-state index in [4.69, 9.17) is 10.5 Å². The van der Waals surface area contributed by atoms with Crippen LogP contribution in [0.15, 0.2) is 24.3 Å². The van der Waals surface area contributed by atoms with Crippen molar-refractivity contribution in [1.29, 1.82) is 0 Å². The first-order valence-corrected chi connectivity index (χ1v) is 5.29. The molecule has 0 aromatic heterocycles. The lowest BCUT2D eigenvalue weighted by Gasteiger charge is -2.10. The number of ether oxygens (including phenoxy) is 1. The van der Waals surface area contributed by atoms with Gasteiger partial charge < -0.3 is 15.4 Å². The predicted octanol–water partition coefficient (Wildman–Crippen LogP) is 1.12. The maximum Gasteiger partial charge on any atom is 0.253 e. The van der Waals surface area contributed by atoms with E-state index in [1.807, 2.05) is 0 Å². The first-order chi connectivity index (χ1) is 7.65. The van der Waals surface area contributed by atoms with Gasteiger partial charge in [0.05, 0.1) is 6.61 Å². The topological polar surface area (TPSA) is 55.6 Å². The second-order valence-corrected chi connectivity index (χ2v) is 3.71. The summed E-state index contributed by atoms with van der Waals surface area (Å²) in [5.74, 6) is 0.761. The van der Waals surface area contributed by atoms with Gasteiger partial charge >= 0.3 is 0 Å². The van der Waals surface area contributed by atoms with Gasteiger partial charge in [-0.15, -0.1) is 0 Å². The van der Waals surface area contributed by atoms with Gasteiger partial charge in [0.15, 0.2) is 0 Å². The molecule has 0 saturated heterocycles. The maximum absolute atomic E-state index is 11.6. The normalized spacial score (nSPS) is 9.94. The van der Waals surface area contributed by atoms with Gasteiger partial charge in [-0.25, -0.2) is 0 Å². The van der Waals surface area contributed by atoms with E-state index in [0.717, 1.165) is 12.2 Å². The molecule has 4 nitrogen and oxygen atoms in total. The zero-order valence-electron chi connectivity index (χ0n) is 9.77. The summed E-state index contributed by atoms with van der Waals surface area (Å²) in [6, 6.07) is 7.13. The molecule has 0 fully saturated rings. The summed E-state index contributed by atoms with van der Waals surface area (Å²) in [5, 5.41) is 0. The number of carbonyl (C=O) groups is 1. The monoisotopic (exact) mass is 222 g/mol. The number of carbonyl (C=O) groups excluding carboxylic acids is 1. The maximum atomic E-state index is 11.6. The third kappa shape index (κ3) is 3.55. The first-order valence-electron chi connectivity index (χ1n) is 5.29. The number of nitrogens with two attached hydrogens (primary N) is 1. The Kier molecular flexibility index (Phi) is 4.79. The van der Waals surface area contributed by atoms with Crippen molar-refractivity contribution >= 4 is 5.91 Å².